The molecule has 0 radical (unpaired) electrons. The summed E-state index contributed by atoms with van der Waals surface area (Å²) < 4.78 is 5.70. The Morgan fingerprint density at radius 2 is 1.48 bits per heavy atom. The van der Waals surface area contributed by atoms with Crippen molar-refractivity contribution < 1.29 is 4.74 Å². The third kappa shape index (κ3) is 4.27. The van der Waals surface area contributed by atoms with E-state index >= 15 is 0 Å². The molecule has 142 valence electrons. The maximum Gasteiger partial charge on any atom is 0.125 e. The molecule has 0 amide bonds. The molecule has 0 unspecified atom stereocenters. The highest BCUT2D eigenvalue weighted by Crippen LogP contribution is 2.33. The van der Waals surface area contributed by atoms with Crippen LogP contribution in [0.3, 0.4) is 0 Å². The number of ether oxygens (including phenoxy) is 1. The fraction of sp³-hybridized carbons (Fsp3) is 0.360. The molecule has 0 atom stereocenters. The second-order valence-corrected chi connectivity index (χ2v) is 8.49. The number of thiophene rings is 1. The van der Waals surface area contributed by atoms with Crippen molar-refractivity contribution >= 4 is 11.3 Å². The van der Waals surface area contributed by atoms with Gasteiger partial charge in [-0.05, 0) is 66.5 Å². The minimum absolute atomic E-state index is 1.00. The van der Waals surface area contributed by atoms with E-state index in [1.807, 2.05) is 11.3 Å². The molecule has 1 nitrogen and oxygen atoms in total. The van der Waals surface area contributed by atoms with Gasteiger partial charge in [-0.15, -0.1) is 11.3 Å². The van der Waals surface area contributed by atoms with Crippen LogP contribution in [0.25, 0.3) is 0 Å². The first-order valence-corrected chi connectivity index (χ1v) is 10.7. The minimum atomic E-state index is 1.00. The van der Waals surface area contributed by atoms with Crippen molar-refractivity contribution in [3.8, 4) is 5.75 Å². The zero-order valence-corrected chi connectivity index (χ0v) is 18.0. The highest BCUT2D eigenvalue weighted by molar-refractivity contribution is 7.12. The van der Waals surface area contributed by atoms with Crippen molar-refractivity contribution in [3.05, 3.63) is 85.6 Å². The lowest BCUT2D eigenvalue weighted by atomic mass is 9.94. The van der Waals surface area contributed by atoms with Crippen LogP contribution < -0.4 is 4.74 Å². The molecule has 0 N–H and O–H groups in total. The van der Waals surface area contributed by atoms with Gasteiger partial charge in [-0.2, -0.15) is 0 Å². The Bertz CT molecular complexity index is 881. The van der Waals surface area contributed by atoms with Gasteiger partial charge in [0.15, 0.2) is 0 Å². The van der Waals surface area contributed by atoms with Crippen LogP contribution in [0, 0.1) is 13.8 Å². The Labute approximate surface area is 168 Å². The first kappa shape index (κ1) is 19.7. The lowest BCUT2D eigenvalue weighted by Gasteiger charge is -2.15. The molecule has 0 saturated carbocycles. The molecule has 2 heteroatoms. The molecule has 0 saturated heterocycles. The van der Waals surface area contributed by atoms with Crippen LogP contribution in [0.4, 0.5) is 0 Å². The van der Waals surface area contributed by atoms with E-state index in [0.29, 0.717) is 0 Å². The minimum Gasteiger partial charge on any atom is -0.496 e. The summed E-state index contributed by atoms with van der Waals surface area (Å²) in [4.78, 5) is 2.94. The fourth-order valence-corrected chi connectivity index (χ4v) is 5.05. The van der Waals surface area contributed by atoms with E-state index in [0.717, 1.165) is 31.4 Å². The Morgan fingerprint density at radius 1 is 0.852 bits per heavy atom. The van der Waals surface area contributed by atoms with E-state index in [4.69, 9.17) is 4.74 Å². The summed E-state index contributed by atoms with van der Waals surface area (Å²) in [6.07, 6.45) is 4.03. The number of rotatable bonds is 7. The normalized spacial score (nSPS) is 11.0. The SMILES string of the molecule is CCc1cc(Cc2c(Cc3ccccc3)sc(C)c2C)cc(CC)c1OC. The van der Waals surface area contributed by atoms with Crippen molar-refractivity contribution in [1.82, 2.24) is 0 Å². The highest BCUT2D eigenvalue weighted by atomic mass is 32.1. The fourth-order valence-electron chi connectivity index (χ4n) is 3.82. The van der Waals surface area contributed by atoms with Crippen LogP contribution in [0.5, 0.6) is 5.75 Å². The van der Waals surface area contributed by atoms with Crippen molar-refractivity contribution in [2.24, 2.45) is 0 Å². The maximum atomic E-state index is 5.70. The van der Waals surface area contributed by atoms with E-state index in [-0.39, 0.29) is 0 Å². The predicted molar refractivity (Wildman–Crippen MR) is 118 cm³/mol. The highest BCUT2D eigenvalue weighted by Gasteiger charge is 2.16. The molecule has 27 heavy (non-hydrogen) atoms. The van der Waals surface area contributed by atoms with Crippen LogP contribution in [0.2, 0.25) is 0 Å². The lowest BCUT2D eigenvalue weighted by molar-refractivity contribution is 0.405. The zero-order valence-electron chi connectivity index (χ0n) is 17.2. The Morgan fingerprint density at radius 3 is 2.04 bits per heavy atom. The van der Waals surface area contributed by atoms with Crippen molar-refractivity contribution in [2.45, 2.75) is 53.4 Å². The van der Waals surface area contributed by atoms with E-state index in [2.05, 4.69) is 70.2 Å². The van der Waals surface area contributed by atoms with Gasteiger partial charge in [0.25, 0.3) is 0 Å². The number of methoxy groups -OCH3 is 1. The summed E-state index contributed by atoms with van der Waals surface area (Å²) in [6.45, 7) is 8.95. The van der Waals surface area contributed by atoms with Crippen LogP contribution in [0.1, 0.15) is 57.0 Å². The number of benzene rings is 2. The van der Waals surface area contributed by atoms with Gasteiger partial charge >= 0.3 is 0 Å². The number of aryl methyl sites for hydroxylation is 3. The summed E-state index contributed by atoms with van der Waals surface area (Å²) in [5, 5.41) is 0. The first-order chi connectivity index (χ1) is 13.1. The quantitative estimate of drug-likeness (QED) is 0.445. The molecule has 2 aromatic carbocycles. The largest absolute Gasteiger partial charge is 0.496 e. The smallest absolute Gasteiger partial charge is 0.125 e. The van der Waals surface area contributed by atoms with Crippen LogP contribution >= 0.6 is 11.3 Å². The predicted octanol–water partition coefficient (Wildman–Crippen LogP) is 6.68. The van der Waals surface area contributed by atoms with Crippen LogP contribution in [-0.4, -0.2) is 7.11 Å². The van der Waals surface area contributed by atoms with Gasteiger partial charge < -0.3 is 4.74 Å². The summed E-state index contributed by atoms with van der Waals surface area (Å²) in [5.74, 6) is 1.08. The molecular formula is C25H30OS. The molecule has 3 rings (SSSR count). The third-order valence-corrected chi connectivity index (χ3v) is 6.70. The van der Waals surface area contributed by atoms with Crippen LogP contribution in [0.15, 0.2) is 42.5 Å². The number of hydrogen-bond acceptors (Lipinski definition) is 2. The van der Waals surface area contributed by atoms with Gasteiger partial charge in [-0.25, -0.2) is 0 Å². The molecular weight excluding hydrogens is 348 g/mol. The summed E-state index contributed by atoms with van der Waals surface area (Å²) in [6, 6.07) is 15.5. The monoisotopic (exact) mass is 378 g/mol. The third-order valence-electron chi connectivity index (χ3n) is 5.45. The van der Waals surface area contributed by atoms with Crippen LogP contribution in [-0.2, 0) is 25.7 Å². The molecule has 3 aromatic rings. The summed E-state index contributed by atoms with van der Waals surface area (Å²) in [7, 11) is 1.79. The van der Waals surface area contributed by atoms with E-state index in [1.54, 1.807) is 7.11 Å². The van der Waals surface area contributed by atoms with Gasteiger partial charge in [0.1, 0.15) is 5.75 Å². The Kier molecular flexibility index (Phi) is 6.38. The Hall–Kier alpha value is -2.06. The van der Waals surface area contributed by atoms with Crippen molar-refractivity contribution in [1.29, 1.82) is 0 Å². The van der Waals surface area contributed by atoms with E-state index in [9.17, 15) is 0 Å². The zero-order chi connectivity index (χ0) is 19.4. The molecule has 1 aromatic heterocycles. The molecule has 0 bridgehead atoms. The standard InChI is InChI=1S/C25H30OS/c1-6-21-13-20(14-22(7-2)25(21)26-5)15-23-17(3)18(4)27-24(23)16-19-11-9-8-10-12-19/h8-14H,6-7,15-16H2,1-5H3. The molecule has 0 spiro atoms. The van der Waals surface area contributed by atoms with Gasteiger partial charge in [-0.3, -0.25) is 0 Å². The Balaban J connectivity index is 1.98. The summed E-state index contributed by atoms with van der Waals surface area (Å²) >= 11 is 1.96. The molecule has 0 aliphatic heterocycles. The molecule has 0 fully saturated rings. The van der Waals surface area contributed by atoms with Crippen molar-refractivity contribution in [2.75, 3.05) is 7.11 Å². The molecule has 0 aliphatic carbocycles. The number of hydrogen-bond donors (Lipinski definition) is 0. The van der Waals surface area contributed by atoms with Gasteiger partial charge in [-0.1, -0.05) is 56.3 Å². The van der Waals surface area contributed by atoms with Crippen molar-refractivity contribution in [3.63, 3.8) is 0 Å². The lowest BCUT2D eigenvalue weighted by Crippen LogP contribution is -2.01. The average molecular weight is 379 g/mol. The van der Waals surface area contributed by atoms with Gasteiger partial charge in [0.05, 0.1) is 7.11 Å². The molecule has 0 aliphatic rings. The second-order valence-electron chi connectivity index (χ2n) is 7.18. The average Bonchev–Trinajstić information content (AvgIpc) is 2.95. The summed E-state index contributed by atoms with van der Waals surface area (Å²) in [5.41, 5.74) is 8.40. The van der Waals surface area contributed by atoms with Gasteiger partial charge in [0, 0.05) is 16.2 Å². The first-order valence-electron chi connectivity index (χ1n) is 9.87. The van der Waals surface area contributed by atoms with E-state index in [1.165, 1.54) is 43.1 Å². The topological polar surface area (TPSA) is 9.23 Å². The van der Waals surface area contributed by atoms with Gasteiger partial charge in [0.2, 0.25) is 0 Å². The second kappa shape index (κ2) is 8.75. The maximum absolute atomic E-state index is 5.70. The molecule has 1 heterocycles. The van der Waals surface area contributed by atoms with E-state index < -0.39 is 0 Å².